The molecule has 0 aliphatic heterocycles. The van der Waals surface area contributed by atoms with Gasteiger partial charge in [0.2, 0.25) is 0 Å². The molecule has 7 heteroatoms. The third-order valence-electron chi connectivity index (χ3n) is 4.11. The normalized spacial score (nSPS) is 11.2. The predicted molar refractivity (Wildman–Crippen MR) is 118 cm³/mol. The van der Waals surface area contributed by atoms with E-state index in [2.05, 4.69) is 27.6 Å². The number of aromatic amines is 1. The number of fused-ring (bicyclic) bond motifs is 1. The molecule has 0 unspecified atom stereocenters. The summed E-state index contributed by atoms with van der Waals surface area (Å²) < 4.78 is 7.16. The van der Waals surface area contributed by atoms with Gasteiger partial charge in [-0.2, -0.15) is 0 Å². The van der Waals surface area contributed by atoms with Crippen molar-refractivity contribution in [2.75, 3.05) is 11.4 Å². The number of nitrogens with one attached hydrogen (secondary N) is 1. The average molecular weight is 481 g/mol. The average Bonchev–Trinajstić information content (AvgIpc) is 3.14. The molecule has 2 aromatic carbocycles. The molecule has 0 radical (unpaired) electrons. The molecule has 0 aliphatic rings. The SMILES string of the molecule is CB(O)N(C/C=C/Cl)c1cc(OCc2ccccc2)c2[nH]ccc2c1I. The van der Waals surface area contributed by atoms with E-state index in [1.807, 2.05) is 53.5 Å². The van der Waals surface area contributed by atoms with Crippen molar-refractivity contribution in [3.63, 3.8) is 0 Å². The number of H-pyrrole nitrogens is 1. The third kappa shape index (κ3) is 4.19. The molecule has 3 aromatic rings. The van der Waals surface area contributed by atoms with E-state index in [1.54, 1.807) is 12.9 Å². The fourth-order valence-electron chi connectivity index (χ4n) is 2.82. The Balaban J connectivity index is 2.00. The zero-order valence-corrected chi connectivity index (χ0v) is 17.2. The van der Waals surface area contributed by atoms with E-state index >= 15 is 0 Å². The van der Waals surface area contributed by atoms with Crippen molar-refractivity contribution in [1.29, 1.82) is 0 Å². The highest BCUT2D eigenvalue weighted by atomic mass is 127. The van der Waals surface area contributed by atoms with Gasteiger partial charge in [-0.1, -0.05) is 48.0 Å². The van der Waals surface area contributed by atoms with Crippen molar-refractivity contribution in [3.8, 4) is 5.75 Å². The molecule has 0 saturated carbocycles. The minimum absolute atomic E-state index is 0.477. The number of rotatable bonds is 7. The zero-order valence-electron chi connectivity index (χ0n) is 14.3. The van der Waals surface area contributed by atoms with Gasteiger partial charge in [0.1, 0.15) is 12.4 Å². The van der Waals surface area contributed by atoms with Gasteiger partial charge < -0.3 is 19.6 Å². The van der Waals surface area contributed by atoms with E-state index in [1.165, 1.54) is 5.54 Å². The summed E-state index contributed by atoms with van der Waals surface area (Å²) >= 11 is 7.99. The lowest BCUT2D eigenvalue weighted by atomic mass is 9.84. The molecule has 3 rings (SSSR count). The van der Waals surface area contributed by atoms with Crippen LogP contribution in [0.2, 0.25) is 6.82 Å². The lowest BCUT2D eigenvalue weighted by Gasteiger charge is -2.26. The molecule has 134 valence electrons. The van der Waals surface area contributed by atoms with Crippen LogP contribution in [0.1, 0.15) is 5.56 Å². The Hall–Kier alpha value is -1.64. The number of hydrogen-bond donors (Lipinski definition) is 2. The molecule has 0 spiro atoms. The second kappa shape index (κ2) is 8.84. The summed E-state index contributed by atoms with van der Waals surface area (Å²) in [6.07, 6.45) is 3.70. The van der Waals surface area contributed by atoms with Gasteiger partial charge in [0.05, 0.1) is 5.52 Å². The predicted octanol–water partition coefficient (Wildman–Crippen LogP) is 5.02. The van der Waals surface area contributed by atoms with Gasteiger partial charge in [-0.15, -0.1) is 0 Å². The Morgan fingerprint density at radius 3 is 2.77 bits per heavy atom. The van der Waals surface area contributed by atoms with Crippen LogP contribution in [-0.2, 0) is 6.61 Å². The van der Waals surface area contributed by atoms with Crippen LogP contribution in [0, 0.1) is 3.57 Å². The molecule has 4 nitrogen and oxygen atoms in total. The molecule has 0 saturated heterocycles. The standard InChI is InChI=1S/C19H19BClIN2O2/c1-20(25)24(11-5-9-21)16-12-17(19-15(18(16)22)8-10-23-19)26-13-14-6-3-2-4-7-14/h2-10,12,23,25H,11,13H2,1H3/b9-5+. The van der Waals surface area contributed by atoms with E-state index in [0.717, 1.165) is 31.5 Å². The Labute approximate surface area is 172 Å². The summed E-state index contributed by atoms with van der Waals surface area (Å²) in [6, 6.07) is 14.0. The Kier molecular flexibility index (Phi) is 6.50. The van der Waals surface area contributed by atoms with Crippen LogP contribution in [0.3, 0.4) is 0 Å². The molecular formula is C19H19BClIN2O2. The number of aromatic nitrogens is 1. The molecule has 0 amide bonds. The Morgan fingerprint density at radius 1 is 1.31 bits per heavy atom. The molecule has 26 heavy (non-hydrogen) atoms. The van der Waals surface area contributed by atoms with Gasteiger partial charge in [0.25, 0.3) is 0 Å². The van der Waals surface area contributed by atoms with Crippen LogP contribution in [0.25, 0.3) is 10.9 Å². The highest BCUT2D eigenvalue weighted by molar-refractivity contribution is 14.1. The van der Waals surface area contributed by atoms with Gasteiger partial charge in [-0.05, 0) is 41.0 Å². The summed E-state index contributed by atoms with van der Waals surface area (Å²) in [5.41, 5.74) is 4.42. The molecule has 1 heterocycles. The molecular weight excluding hydrogens is 461 g/mol. The smallest absolute Gasteiger partial charge is 0.409 e. The highest BCUT2D eigenvalue weighted by Crippen LogP contribution is 2.37. The summed E-state index contributed by atoms with van der Waals surface area (Å²) in [5.74, 6) is 0.754. The first-order valence-corrected chi connectivity index (χ1v) is 9.79. The van der Waals surface area contributed by atoms with Crippen molar-refractivity contribution in [3.05, 3.63) is 69.4 Å². The summed E-state index contributed by atoms with van der Waals surface area (Å²) in [6.45, 7) is 2.72. The molecule has 0 aliphatic carbocycles. The minimum atomic E-state index is -0.658. The number of anilines is 1. The largest absolute Gasteiger partial charge is 0.487 e. The van der Waals surface area contributed by atoms with Gasteiger partial charge >= 0.3 is 7.05 Å². The monoisotopic (exact) mass is 480 g/mol. The fraction of sp³-hybridized carbons (Fsp3) is 0.158. The number of benzene rings is 2. The van der Waals surface area contributed by atoms with Crippen molar-refractivity contribution >= 4 is 57.8 Å². The maximum absolute atomic E-state index is 10.2. The second-order valence-electron chi connectivity index (χ2n) is 5.89. The first-order valence-electron chi connectivity index (χ1n) is 8.28. The number of nitrogens with zero attached hydrogens (tertiary/aromatic N) is 1. The van der Waals surface area contributed by atoms with Gasteiger partial charge in [0.15, 0.2) is 0 Å². The van der Waals surface area contributed by atoms with Crippen LogP contribution < -0.4 is 9.55 Å². The topological polar surface area (TPSA) is 48.5 Å². The summed E-state index contributed by atoms with van der Waals surface area (Å²) in [5, 5.41) is 11.3. The summed E-state index contributed by atoms with van der Waals surface area (Å²) in [7, 11) is -0.658. The summed E-state index contributed by atoms with van der Waals surface area (Å²) in [4.78, 5) is 5.14. The fourth-order valence-corrected chi connectivity index (χ4v) is 3.81. The zero-order chi connectivity index (χ0) is 18.5. The first-order chi connectivity index (χ1) is 12.6. The van der Waals surface area contributed by atoms with Crippen molar-refractivity contribution in [2.45, 2.75) is 13.4 Å². The maximum atomic E-state index is 10.2. The first kappa shape index (κ1) is 19.1. The number of hydrogen-bond acceptors (Lipinski definition) is 3. The van der Waals surface area contributed by atoms with Gasteiger partial charge in [-0.3, -0.25) is 0 Å². The number of ether oxygens (including phenoxy) is 1. The van der Waals surface area contributed by atoms with Crippen molar-refractivity contribution in [2.24, 2.45) is 0 Å². The minimum Gasteiger partial charge on any atom is -0.487 e. The molecule has 1 aromatic heterocycles. The van der Waals surface area contributed by atoms with Gasteiger partial charge in [-0.25, -0.2) is 0 Å². The van der Waals surface area contributed by atoms with Crippen molar-refractivity contribution in [1.82, 2.24) is 4.98 Å². The van der Waals surface area contributed by atoms with Crippen LogP contribution in [-0.4, -0.2) is 23.6 Å². The third-order valence-corrected chi connectivity index (χ3v) is 5.42. The van der Waals surface area contributed by atoms with E-state index in [0.29, 0.717) is 13.2 Å². The van der Waals surface area contributed by atoms with E-state index in [4.69, 9.17) is 16.3 Å². The number of halogens is 2. The van der Waals surface area contributed by atoms with Crippen LogP contribution in [0.5, 0.6) is 5.75 Å². The van der Waals surface area contributed by atoms with E-state index in [-0.39, 0.29) is 0 Å². The van der Waals surface area contributed by atoms with Crippen LogP contribution in [0.15, 0.2) is 60.3 Å². The van der Waals surface area contributed by atoms with Crippen molar-refractivity contribution < 1.29 is 9.76 Å². The Bertz CT molecular complexity index is 899. The van der Waals surface area contributed by atoms with Gasteiger partial charge in [0, 0.05) is 39.0 Å². The molecule has 0 atom stereocenters. The molecule has 2 N–H and O–H groups in total. The molecule has 0 bridgehead atoms. The van der Waals surface area contributed by atoms with Crippen LogP contribution >= 0.6 is 34.2 Å². The quantitative estimate of drug-likeness (QED) is 0.369. The van der Waals surface area contributed by atoms with Crippen LogP contribution in [0.4, 0.5) is 5.69 Å². The maximum Gasteiger partial charge on any atom is 0.409 e. The lowest BCUT2D eigenvalue weighted by molar-refractivity contribution is 0.309. The highest BCUT2D eigenvalue weighted by Gasteiger charge is 2.22. The van der Waals surface area contributed by atoms with E-state index < -0.39 is 7.05 Å². The lowest BCUT2D eigenvalue weighted by Crippen LogP contribution is -2.37. The van der Waals surface area contributed by atoms with E-state index in [9.17, 15) is 5.02 Å². The second-order valence-corrected chi connectivity index (χ2v) is 7.23. The molecule has 0 fully saturated rings. The Morgan fingerprint density at radius 2 is 2.08 bits per heavy atom.